The summed E-state index contributed by atoms with van der Waals surface area (Å²) >= 11 is 0. The van der Waals surface area contributed by atoms with Gasteiger partial charge in [0.05, 0.1) is 17.4 Å². The Kier molecular flexibility index (Phi) is 5.97. The average Bonchev–Trinajstić information content (AvgIpc) is 3.50. The number of carbonyl (C=O) groups is 1. The second-order valence-corrected chi connectivity index (χ2v) is 8.02. The first-order valence-corrected chi connectivity index (χ1v) is 11.1. The van der Waals surface area contributed by atoms with Gasteiger partial charge in [0.1, 0.15) is 5.82 Å². The van der Waals surface area contributed by atoms with E-state index >= 15 is 0 Å². The van der Waals surface area contributed by atoms with Crippen molar-refractivity contribution in [2.75, 3.05) is 0 Å². The van der Waals surface area contributed by atoms with Crippen LogP contribution in [0.2, 0.25) is 0 Å². The maximum absolute atomic E-state index is 12.6. The Bertz CT molecular complexity index is 1340. The topological polar surface area (TPSA) is 64.7 Å². The molecular formula is C27H25N5O. The molecule has 1 amide bonds. The predicted octanol–water partition coefficient (Wildman–Crippen LogP) is 4.52. The van der Waals surface area contributed by atoms with Crippen LogP contribution < -0.4 is 5.32 Å². The molecule has 0 saturated carbocycles. The number of benzene rings is 3. The van der Waals surface area contributed by atoms with Crippen LogP contribution in [0, 0.1) is 0 Å². The van der Waals surface area contributed by atoms with Gasteiger partial charge in [0.15, 0.2) is 0 Å². The lowest BCUT2D eigenvalue weighted by molar-refractivity contribution is -0.121. The van der Waals surface area contributed by atoms with Crippen LogP contribution in [0.3, 0.4) is 0 Å². The molecule has 0 aliphatic rings. The van der Waals surface area contributed by atoms with E-state index in [9.17, 15) is 4.79 Å². The lowest BCUT2D eigenvalue weighted by atomic mass is 10.1. The Morgan fingerprint density at radius 2 is 1.64 bits per heavy atom. The molecule has 6 nitrogen and oxygen atoms in total. The van der Waals surface area contributed by atoms with Crippen LogP contribution in [0.4, 0.5) is 0 Å². The molecule has 5 aromatic rings. The van der Waals surface area contributed by atoms with Gasteiger partial charge < -0.3 is 9.88 Å². The maximum atomic E-state index is 12.6. The van der Waals surface area contributed by atoms with Crippen molar-refractivity contribution >= 4 is 16.9 Å². The Hall–Kier alpha value is -4.19. The first kappa shape index (κ1) is 20.7. The Morgan fingerprint density at radius 1 is 0.879 bits per heavy atom. The van der Waals surface area contributed by atoms with E-state index in [0.29, 0.717) is 19.4 Å². The fourth-order valence-corrected chi connectivity index (χ4v) is 3.98. The molecule has 0 bridgehead atoms. The zero-order chi connectivity index (χ0) is 22.5. The first-order valence-electron chi connectivity index (χ1n) is 11.1. The molecule has 0 fully saturated rings. The van der Waals surface area contributed by atoms with Crippen LogP contribution in [0.25, 0.3) is 16.7 Å². The molecule has 0 saturated heterocycles. The fraction of sp³-hybridized carbons (Fsp3) is 0.148. The number of aromatic nitrogens is 4. The minimum Gasteiger partial charge on any atom is -0.352 e. The molecule has 5 rings (SSSR count). The fourth-order valence-electron chi connectivity index (χ4n) is 3.98. The molecule has 33 heavy (non-hydrogen) atoms. The number of para-hydroxylation sites is 3. The summed E-state index contributed by atoms with van der Waals surface area (Å²) in [5, 5.41) is 3.04. The number of rotatable bonds is 8. The number of aryl methyl sites for hydroxylation is 1. The minimum absolute atomic E-state index is 0.0177. The number of hydrogen-bond acceptors (Lipinski definition) is 3. The third kappa shape index (κ3) is 4.85. The second kappa shape index (κ2) is 9.53. The van der Waals surface area contributed by atoms with E-state index in [1.807, 2.05) is 47.2 Å². The van der Waals surface area contributed by atoms with Crippen LogP contribution in [-0.2, 0) is 24.3 Å². The van der Waals surface area contributed by atoms with Gasteiger partial charge in [0.25, 0.3) is 0 Å². The van der Waals surface area contributed by atoms with Crippen molar-refractivity contribution in [3.63, 3.8) is 0 Å². The standard InChI is InChI=1S/C27H25N5O/c33-27(29-18-21-10-12-22(13-11-21)19-31-17-16-28-20-31)15-14-26-30-24-8-4-5-9-25(24)32(26)23-6-2-1-3-7-23/h1-13,16-17,20H,14-15,18-19H2,(H,29,33). The molecule has 0 spiro atoms. The highest BCUT2D eigenvalue weighted by Crippen LogP contribution is 2.22. The van der Waals surface area contributed by atoms with Gasteiger partial charge in [0.2, 0.25) is 5.91 Å². The number of amides is 1. The zero-order valence-corrected chi connectivity index (χ0v) is 18.3. The van der Waals surface area contributed by atoms with Gasteiger partial charge in [-0.15, -0.1) is 0 Å². The Morgan fingerprint density at radius 3 is 2.42 bits per heavy atom. The number of nitrogens with zero attached hydrogens (tertiary/aromatic N) is 4. The van der Waals surface area contributed by atoms with Gasteiger partial charge >= 0.3 is 0 Å². The number of nitrogens with one attached hydrogen (secondary N) is 1. The normalized spacial score (nSPS) is 11.0. The largest absolute Gasteiger partial charge is 0.352 e. The first-order chi connectivity index (χ1) is 16.3. The highest BCUT2D eigenvalue weighted by atomic mass is 16.1. The number of carbonyl (C=O) groups excluding carboxylic acids is 1. The third-order valence-corrected chi connectivity index (χ3v) is 5.66. The number of fused-ring (bicyclic) bond motifs is 1. The molecule has 1 N–H and O–H groups in total. The molecule has 2 aromatic heterocycles. The summed E-state index contributed by atoms with van der Waals surface area (Å²) in [4.78, 5) is 21.4. The van der Waals surface area contributed by atoms with Crippen LogP contribution in [0.15, 0.2) is 97.6 Å². The smallest absolute Gasteiger partial charge is 0.220 e. The van der Waals surface area contributed by atoms with E-state index in [-0.39, 0.29) is 5.91 Å². The Balaban J connectivity index is 1.21. The van der Waals surface area contributed by atoms with E-state index in [4.69, 9.17) is 4.98 Å². The van der Waals surface area contributed by atoms with E-state index in [0.717, 1.165) is 34.7 Å². The van der Waals surface area contributed by atoms with E-state index < -0.39 is 0 Å². The molecule has 0 aliphatic heterocycles. The summed E-state index contributed by atoms with van der Waals surface area (Å²) < 4.78 is 4.17. The number of imidazole rings is 2. The molecule has 0 radical (unpaired) electrons. The van der Waals surface area contributed by atoms with Gasteiger partial charge in [-0.2, -0.15) is 0 Å². The van der Waals surface area contributed by atoms with Crippen molar-refractivity contribution in [3.8, 4) is 5.69 Å². The average molecular weight is 436 g/mol. The third-order valence-electron chi connectivity index (χ3n) is 5.66. The van der Waals surface area contributed by atoms with Crippen molar-refractivity contribution in [1.29, 1.82) is 0 Å². The second-order valence-electron chi connectivity index (χ2n) is 8.02. The van der Waals surface area contributed by atoms with Gasteiger partial charge in [-0.1, -0.05) is 54.6 Å². The molecule has 6 heteroatoms. The van der Waals surface area contributed by atoms with Crippen LogP contribution >= 0.6 is 0 Å². The van der Waals surface area contributed by atoms with Crippen molar-refractivity contribution in [3.05, 3.63) is 115 Å². The highest BCUT2D eigenvalue weighted by molar-refractivity contribution is 5.79. The quantitative estimate of drug-likeness (QED) is 0.390. The molecule has 164 valence electrons. The molecular weight excluding hydrogens is 410 g/mol. The summed E-state index contributed by atoms with van der Waals surface area (Å²) in [5.41, 5.74) is 5.32. The molecule has 0 atom stereocenters. The van der Waals surface area contributed by atoms with Crippen molar-refractivity contribution in [2.45, 2.75) is 25.9 Å². The molecule has 2 heterocycles. The van der Waals surface area contributed by atoms with Crippen molar-refractivity contribution in [1.82, 2.24) is 24.4 Å². The SMILES string of the molecule is O=C(CCc1nc2ccccc2n1-c1ccccc1)NCc1ccc(Cn2ccnc2)cc1. The van der Waals surface area contributed by atoms with Gasteiger partial charge in [0, 0.05) is 44.0 Å². The monoisotopic (exact) mass is 435 g/mol. The minimum atomic E-state index is 0.0177. The van der Waals surface area contributed by atoms with Crippen LogP contribution in [0.5, 0.6) is 0 Å². The molecule has 0 aliphatic carbocycles. The van der Waals surface area contributed by atoms with Crippen LogP contribution in [0.1, 0.15) is 23.4 Å². The maximum Gasteiger partial charge on any atom is 0.220 e. The lowest BCUT2D eigenvalue weighted by Gasteiger charge is -2.10. The van der Waals surface area contributed by atoms with Crippen molar-refractivity contribution in [2.24, 2.45) is 0 Å². The summed E-state index contributed by atoms with van der Waals surface area (Å²) in [6.07, 6.45) is 6.48. The number of hydrogen-bond donors (Lipinski definition) is 1. The zero-order valence-electron chi connectivity index (χ0n) is 18.3. The Labute approximate surface area is 192 Å². The summed E-state index contributed by atoms with van der Waals surface area (Å²) in [6, 6.07) is 26.5. The van der Waals surface area contributed by atoms with Gasteiger partial charge in [-0.25, -0.2) is 9.97 Å². The van der Waals surface area contributed by atoms with E-state index in [1.54, 1.807) is 12.5 Å². The van der Waals surface area contributed by atoms with Gasteiger partial charge in [-0.05, 0) is 35.4 Å². The van der Waals surface area contributed by atoms with E-state index in [1.165, 1.54) is 5.56 Å². The van der Waals surface area contributed by atoms with Crippen LogP contribution in [-0.4, -0.2) is 25.0 Å². The summed E-state index contributed by atoms with van der Waals surface area (Å²) in [5.74, 6) is 0.908. The summed E-state index contributed by atoms with van der Waals surface area (Å²) in [6.45, 7) is 1.30. The predicted molar refractivity (Wildman–Crippen MR) is 129 cm³/mol. The van der Waals surface area contributed by atoms with E-state index in [2.05, 4.69) is 57.3 Å². The summed E-state index contributed by atoms with van der Waals surface area (Å²) in [7, 11) is 0. The highest BCUT2D eigenvalue weighted by Gasteiger charge is 2.13. The van der Waals surface area contributed by atoms with Gasteiger partial charge in [-0.3, -0.25) is 9.36 Å². The van der Waals surface area contributed by atoms with Crippen molar-refractivity contribution < 1.29 is 4.79 Å². The lowest BCUT2D eigenvalue weighted by Crippen LogP contribution is -2.23. The molecule has 0 unspecified atom stereocenters. The molecule has 3 aromatic carbocycles.